The molecule has 0 aromatic carbocycles. The Labute approximate surface area is 131 Å². The average Bonchev–Trinajstić information content (AvgIpc) is 3.02. The summed E-state index contributed by atoms with van der Waals surface area (Å²) in [5.74, 6) is -0.638. The number of rotatable bonds is 1. The van der Waals surface area contributed by atoms with Gasteiger partial charge in [0.05, 0.1) is 11.5 Å². The molecule has 5 heteroatoms. The Morgan fingerprint density at radius 2 is 2.18 bits per heavy atom. The first-order chi connectivity index (χ1) is 10.3. The van der Waals surface area contributed by atoms with E-state index in [1.807, 2.05) is 13.8 Å². The van der Waals surface area contributed by atoms with Crippen molar-refractivity contribution in [2.24, 2.45) is 11.8 Å². The molecule has 0 saturated carbocycles. The van der Waals surface area contributed by atoms with E-state index in [-0.39, 0.29) is 47.7 Å². The van der Waals surface area contributed by atoms with E-state index in [1.165, 1.54) is 6.92 Å². The standard InChI is InChI=1S/C17H24O5/c1-9-6-5-7-17(4)15(22-17)14-12(10(2)16(19)21-14)8-13(9)20-11(3)18/h6,10,12-15H,5,7-8H2,1-4H3. The normalized spacial score (nSPS) is 44.3. The molecule has 0 spiro atoms. The molecule has 3 aliphatic rings. The number of carbonyl (C=O) groups is 2. The number of hydrogen-bond donors (Lipinski definition) is 0. The molecule has 0 radical (unpaired) electrons. The minimum atomic E-state index is -0.295. The van der Waals surface area contributed by atoms with Crippen molar-refractivity contribution in [2.75, 3.05) is 0 Å². The summed E-state index contributed by atoms with van der Waals surface area (Å²) in [6, 6.07) is 0. The van der Waals surface area contributed by atoms with Gasteiger partial charge in [-0.05, 0) is 38.7 Å². The minimum Gasteiger partial charge on any atom is -0.459 e. The maximum atomic E-state index is 12.0. The molecule has 2 aliphatic heterocycles. The SMILES string of the molecule is CC(=O)OC1CC2C(C)C(=O)OC2C2OC2(C)CCC=C1C. The zero-order valence-corrected chi connectivity index (χ0v) is 13.6. The van der Waals surface area contributed by atoms with Gasteiger partial charge < -0.3 is 14.2 Å². The van der Waals surface area contributed by atoms with Crippen LogP contribution in [0.25, 0.3) is 0 Å². The van der Waals surface area contributed by atoms with Crippen molar-refractivity contribution in [2.45, 2.75) is 70.9 Å². The van der Waals surface area contributed by atoms with Crippen LogP contribution in [0.2, 0.25) is 0 Å². The van der Waals surface area contributed by atoms with Crippen LogP contribution in [0, 0.1) is 11.8 Å². The molecule has 6 atom stereocenters. The molecule has 0 bridgehead atoms. The second kappa shape index (κ2) is 5.37. The van der Waals surface area contributed by atoms with Gasteiger partial charge in [-0.1, -0.05) is 13.0 Å². The highest BCUT2D eigenvalue weighted by atomic mass is 16.6. The van der Waals surface area contributed by atoms with Gasteiger partial charge in [0.2, 0.25) is 0 Å². The number of allylic oxidation sites excluding steroid dienone is 1. The Morgan fingerprint density at radius 3 is 2.86 bits per heavy atom. The molecule has 1 aliphatic carbocycles. The van der Waals surface area contributed by atoms with Crippen LogP contribution in [0.15, 0.2) is 11.6 Å². The summed E-state index contributed by atoms with van der Waals surface area (Å²) in [4.78, 5) is 23.4. The smallest absolute Gasteiger partial charge is 0.309 e. The third-order valence-corrected chi connectivity index (χ3v) is 5.34. The highest BCUT2D eigenvalue weighted by Gasteiger charge is 2.62. The van der Waals surface area contributed by atoms with Crippen LogP contribution in [0.5, 0.6) is 0 Å². The van der Waals surface area contributed by atoms with E-state index in [1.54, 1.807) is 0 Å². The summed E-state index contributed by atoms with van der Waals surface area (Å²) in [6.07, 6.45) is 3.95. The third-order valence-electron chi connectivity index (χ3n) is 5.34. The lowest BCUT2D eigenvalue weighted by molar-refractivity contribution is -0.146. The van der Waals surface area contributed by atoms with E-state index < -0.39 is 0 Å². The van der Waals surface area contributed by atoms with Crippen molar-refractivity contribution in [3.05, 3.63) is 11.6 Å². The van der Waals surface area contributed by atoms with Crippen molar-refractivity contribution in [3.63, 3.8) is 0 Å². The summed E-state index contributed by atoms with van der Waals surface area (Å²) < 4.78 is 17.0. The van der Waals surface area contributed by atoms with Crippen LogP contribution >= 0.6 is 0 Å². The monoisotopic (exact) mass is 308 g/mol. The molecule has 5 nitrogen and oxygen atoms in total. The number of carbonyl (C=O) groups excluding carboxylic acids is 2. The number of esters is 2. The summed E-state index contributed by atoms with van der Waals surface area (Å²) in [5, 5.41) is 0. The predicted octanol–water partition coefficient (Wildman–Crippen LogP) is 2.38. The van der Waals surface area contributed by atoms with E-state index >= 15 is 0 Å². The predicted molar refractivity (Wildman–Crippen MR) is 79.0 cm³/mol. The number of ether oxygens (including phenoxy) is 3. The second-order valence-electron chi connectivity index (χ2n) is 7.03. The van der Waals surface area contributed by atoms with E-state index in [4.69, 9.17) is 14.2 Å². The van der Waals surface area contributed by atoms with Gasteiger partial charge in [0.15, 0.2) is 0 Å². The Hall–Kier alpha value is -1.36. The number of fused-ring (bicyclic) bond motifs is 3. The van der Waals surface area contributed by atoms with Crippen molar-refractivity contribution in [1.29, 1.82) is 0 Å². The molecule has 0 aromatic heterocycles. The van der Waals surface area contributed by atoms with Gasteiger partial charge in [-0.15, -0.1) is 0 Å². The van der Waals surface area contributed by atoms with Crippen molar-refractivity contribution in [3.8, 4) is 0 Å². The highest BCUT2D eigenvalue weighted by Crippen LogP contribution is 2.50. The van der Waals surface area contributed by atoms with Crippen LogP contribution < -0.4 is 0 Å². The van der Waals surface area contributed by atoms with Gasteiger partial charge >= 0.3 is 11.9 Å². The Morgan fingerprint density at radius 1 is 1.45 bits per heavy atom. The molecule has 0 aromatic rings. The maximum absolute atomic E-state index is 12.0. The van der Waals surface area contributed by atoms with Gasteiger partial charge in [0, 0.05) is 12.8 Å². The Bertz CT molecular complexity index is 525. The van der Waals surface area contributed by atoms with Crippen molar-refractivity contribution >= 4 is 11.9 Å². The molecule has 3 rings (SSSR count). The number of epoxide rings is 1. The summed E-state index contributed by atoms with van der Waals surface area (Å²) >= 11 is 0. The summed E-state index contributed by atoms with van der Waals surface area (Å²) in [6.45, 7) is 7.38. The lowest BCUT2D eigenvalue weighted by Gasteiger charge is -2.26. The highest BCUT2D eigenvalue weighted by molar-refractivity contribution is 5.75. The van der Waals surface area contributed by atoms with Crippen molar-refractivity contribution < 1.29 is 23.8 Å². The van der Waals surface area contributed by atoms with E-state index in [2.05, 4.69) is 13.0 Å². The van der Waals surface area contributed by atoms with E-state index in [0.29, 0.717) is 6.42 Å². The summed E-state index contributed by atoms with van der Waals surface area (Å²) in [5.41, 5.74) is 0.849. The second-order valence-corrected chi connectivity index (χ2v) is 7.03. The molecule has 122 valence electrons. The fourth-order valence-electron chi connectivity index (χ4n) is 3.78. The van der Waals surface area contributed by atoms with Gasteiger partial charge in [-0.3, -0.25) is 9.59 Å². The molecule has 2 saturated heterocycles. The fraction of sp³-hybridized carbons (Fsp3) is 0.765. The molecule has 22 heavy (non-hydrogen) atoms. The first kappa shape index (κ1) is 15.5. The van der Waals surface area contributed by atoms with Crippen LogP contribution in [0.1, 0.15) is 47.0 Å². The lowest BCUT2D eigenvalue weighted by atomic mass is 9.80. The number of hydrogen-bond acceptors (Lipinski definition) is 5. The quantitative estimate of drug-likeness (QED) is 0.423. The van der Waals surface area contributed by atoms with E-state index in [9.17, 15) is 9.59 Å². The molecule has 2 fully saturated rings. The zero-order valence-electron chi connectivity index (χ0n) is 13.6. The molecular formula is C17H24O5. The molecule has 0 amide bonds. The van der Waals surface area contributed by atoms with Crippen LogP contribution in [-0.2, 0) is 23.8 Å². The minimum absolute atomic E-state index is 0.0186. The molecular weight excluding hydrogens is 284 g/mol. The summed E-state index contributed by atoms with van der Waals surface area (Å²) in [7, 11) is 0. The topological polar surface area (TPSA) is 65.1 Å². The van der Waals surface area contributed by atoms with E-state index in [0.717, 1.165) is 18.4 Å². The van der Waals surface area contributed by atoms with Gasteiger partial charge in [0.25, 0.3) is 0 Å². The van der Waals surface area contributed by atoms with Gasteiger partial charge in [0.1, 0.15) is 18.3 Å². The van der Waals surface area contributed by atoms with Gasteiger partial charge in [-0.25, -0.2) is 0 Å². The molecule has 2 heterocycles. The maximum Gasteiger partial charge on any atom is 0.309 e. The molecule has 0 N–H and O–H groups in total. The first-order valence-corrected chi connectivity index (χ1v) is 8.04. The third kappa shape index (κ3) is 2.67. The largest absolute Gasteiger partial charge is 0.459 e. The Balaban J connectivity index is 1.89. The fourth-order valence-corrected chi connectivity index (χ4v) is 3.78. The first-order valence-electron chi connectivity index (χ1n) is 8.04. The van der Waals surface area contributed by atoms with Gasteiger partial charge in [-0.2, -0.15) is 0 Å². The Kier molecular flexibility index (Phi) is 3.79. The van der Waals surface area contributed by atoms with Crippen LogP contribution in [0.3, 0.4) is 0 Å². The zero-order chi connectivity index (χ0) is 16.1. The van der Waals surface area contributed by atoms with Crippen LogP contribution in [-0.4, -0.2) is 35.9 Å². The molecule has 6 unspecified atom stereocenters. The van der Waals surface area contributed by atoms with Crippen LogP contribution in [0.4, 0.5) is 0 Å². The van der Waals surface area contributed by atoms with Crippen molar-refractivity contribution in [1.82, 2.24) is 0 Å². The lowest BCUT2D eigenvalue weighted by Crippen LogP contribution is -2.34. The average molecular weight is 308 g/mol.